The number of carbonyl (C=O) groups excluding carboxylic acids is 1. The number of rotatable bonds is 5. The second-order valence-corrected chi connectivity index (χ2v) is 7.49. The van der Waals surface area contributed by atoms with E-state index in [9.17, 15) is 10.1 Å². The molecule has 0 spiro atoms. The summed E-state index contributed by atoms with van der Waals surface area (Å²) in [6.45, 7) is 1.42. The van der Waals surface area contributed by atoms with Crippen molar-refractivity contribution in [2.75, 3.05) is 23.7 Å². The summed E-state index contributed by atoms with van der Waals surface area (Å²) in [5.74, 6) is 1.44. The Balaban J connectivity index is 1.37. The second-order valence-electron chi connectivity index (χ2n) is 7.49. The van der Waals surface area contributed by atoms with Gasteiger partial charge in [0.1, 0.15) is 6.07 Å². The van der Waals surface area contributed by atoms with E-state index in [1.54, 1.807) is 0 Å². The fourth-order valence-corrected chi connectivity index (χ4v) is 3.58. The normalized spacial score (nSPS) is 17.5. The molecule has 0 atom stereocenters. The molecule has 2 N–H and O–H groups in total. The number of amides is 1. The van der Waals surface area contributed by atoms with E-state index in [4.69, 9.17) is 4.99 Å². The Morgan fingerprint density at radius 3 is 2.86 bits per heavy atom. The van der Waals surface area contributed by atoms with E-state index in [2.05, 4.69) is 21.7 Å². The number of aliphatic imine (C=N–C) groups is 2. The molecule has 3 aliphatic rings. The number of amidine groups is 1. The molecule has 1 aliphatic carbocycles. The van der Waals surface area contributed by atoms with Crippen LogP contribution in [0.2, 0.25) is 0 Å². The van der Waals surface area contributed by atoms with Crippen LogP contribution in [0, 0.1) is 17.2 Å². The molecule has 5 rings (SSSR count). The molecule has 0 unspecified atom stereocenters. The van der Waals surface area contributed by atoms with Gasteiger partial charge in [-0.05, 0) is 60.2 Å². The topological polar surface area (TPSA) is 89.6 Å². The van der Waals surface area contributed by atoms with Crippen molar-refractivity contribution in [3.8, 4) is 6.07 Å². The average Bonchev–Trinajstić information content (AvgIpc) is 3.26. The molecule has 138 valence electrons. The fourth-order valence-electron chi connectivity index (χ4n) is 3.58. The van der Waals surface area contributed by atoms with Gasteiger partial charge in [-0.1, -0.05) is 6.07 Å². The van der Waals surface area contributed by atoms with Crippen LogP contribution in [0.5, 0.6) is 0 Å². The predicted octanol–water partition coefficient (Wildman–Crippen LogP) is 3.12. The number of benzene rings is 2. The van der Waals surface area contributed by atoms with Crippen molar-refractivity contribution < 1.29 is 4.79 Å². The number of hydrogen-bond donors (Lipinski definition) is 2. The van der Waals surface area contributed by atoms with Crippen LogP contribution in [0.3, 0.4) is 0 Å². The first-order valence-corrected chi connectivity index (χ1v) is 9.53. The lowest BCUT2D eigenvalue weighted by Gasteiger charge is -2.09. The summed E-state index contributed by atoms with van der Waals surface area (Å²) in [7, 11) is 0. The highest BCUT2D eigenvalue weighted by atomic mass is 16.1. The van der Waals surface area contributed by atoms with Gasteiger partial charge in [0.15, 0.2) is 5.84 Å². The van der Waals surface area contributed by atoms with Crippen LogP contribution < -0.4 is 10.6 Å². The van der Waals surface area contributed by atoms with E-state index < -0.39 is 0 Å². The Hall–Kier alpha value is -3.46. The SMILES string of the molecule is N#Cc1cc(C2=NC(c3ccc4c(c3)CC(=O)N4)=NC2)ccc1NCC1CC1. The highest BCUT2D eigenvalue weighted by molar-refractivity contribution is 6.17. The molecule has 6 heteroatoms. The Morgan fingerprint density at radius 2 is 2.04 bits per heavy atom. The average molecular weight is 369 g/mol. The van der Waals surface area contributed by atoms with E-state index in [1.807, 2.05) is 36.4 Å². The Morgan fingerprint density at radius 1 is 1.18 bits per heavy atom. The van der Waals surface area contributed by atoms with Crippen LogP contribution >= 0.6 is 0 Å². The molecule has 2 aromatic carbocycles. The maximum atomic E-state index is 11.5. The molecule has 6 nitrogen and oxygen atoms in total. The number of nitriles is 1. The highest BCUT2D eigenvalue weighted by Gasteiger charge is 2.22. The summed E-state index contributed by atoms with van der Waals surface area (Å²) < 4.78 is 0. The summed E-state index contributed by atoms with van der Waals surface area (Å²) >= 11 is 0. The zero-order valence-electron chi connectivity index (χ0n) is 15.3. The van der Waals surface area contributed by atoms with E-state index in [0.29, 0.717) is 24.4 Å². The Kier molecular flexibility index (Phi) is 3.94. The van der Waals surface area contributed by atoms with Crippen molar-refractivity contribution in [2.24, 2.45) is 15.9 Å². The van der Waals surface area contributed by atoms with E-state index in [0.717, 1.165) is 46.2 Å². The minimum atomic E-state index is 0.0177. The van der Waals surface area contributed by atoms with Gasteiger partial charge in [0.25, 0.3) is 0 Å². The summed E-state index contributed by atoms with van der Waals surface area (Å²) in [5, 5.41) is 15.7. The lowest BCUT2D eigenvalue weighted by atomic mass is 10.1. The number of nitrogens with zero attached hydrogens (tertiary/aromatic N) is 3. The van der Waals surface area contributed by atoms with Gasteiger partial charge in [-0.25, -0.2) is 4.99 Å². The third-order valence-electron chi connectivity index (χ3n) is 5.36. The van der Waals surface area contributed by atoms with Crippen LogP contribution in [0.15, 0.2) is 46.4 Å². The van der Waals surface area contributed by atoms with Gasteiger partial charge in [0, 0.05) is 17.8 Å². The molecule has 1 amide bonds. The van der Waals surface area contributed by atoms with Crippen LogP contribution in [0.1, 0.15) is 35.1 Å². The van der Waals surface area contributed by atoms with E-state index in [1.165, 1.54) is 12.8 Å². The first-order chi connectivity index (χ1) is 13.7. The largest absolute Gasteiger partial charge is 0.384 e. The molecule has 2 aliphatic heterocycles. The first-order valence-electron chi connectivity index (χ1n) is 9.53. The molecule has 1 fully saturated rings. The van der Waals surface area contributed by atoms with Crippen molar-refractivity contribution in [3.05, 3.63) is 58.7 Å². The summed E-state index contributed by atoms with van der Waals surface area (Å²) in [6.07, 6.45) is 2.95. The van der Waals surface area contributed by atoms with Crippen molar-refractivity contribution in [1.82, 2.24) is 0 Å². The quantitative estimate of drug-likeness (QED) is 0.848. The monoisotopic (exact) mass is 369 g/mol. The maximum absolute atomic E-state index is 11.5. The van der Waals surface area contributed by atoms with Crippen molar-refractivity contribution >= 4 is 28.8 Å². The van der Waals surface area contributed by atoms with Gasteiger partial charge >= 0.3 is 0 Å². The minimum absolute atomic E-state index is 0.0177. The predicted molar refractivity (Wildman–Crippen MR) is 109 cm³/mol. The highest BCUT2D eigenvalue weighted by Crippen LogP contribution is 2.30. The lowest BCUT2D eigenvalue weighted by Crippen LogP contribution is -2.07. The number of nitrogens with one attached hydrogen (secondary N) is 2. The molecule has 0 radical (unpaired) electrons. The summed E-state index contributed by atoms with van der Waals surface area (Å²) in [6, 6.07) is 13.9. The number of hydrogen-bond acceptors (Lipinski definition) is 5. The van der Waals surface area contributed by atoms with Crippen LogP contribution in [0.4, 0.5) is 11.4 Å². The zero-order valence-corrected chi connectivity index (χ0v) is 15.3. The van der Waals surface area contributed by atoms with Gasteiger partial charge in [0.2, 0.25) is 5.91 Å². The number of carbonyl (C=O) groups is 1. The molecule has 28 heavy (non-hydrogen) atoms. The third-order valence-corrected chi connectivity index (χ3v) is 5.36. The van der Waals surface area contributed by atoms with Crippen molar-refractivity contribution in [2.45, 2.75) is 19.3 Å². The minimum Gasteiger partial charge on any atom is -0.384 e. The van der Waals surface area contributed by atoms with E-state index in [-0.39, 0.29) is 5.91 Å². The molecule has 2 aromatic rings. The molecule has 0 aromatic heterocycles. The van der Waals surface area contributed by atoms with Gasteiger partial charge in [-0.15, -0.1) is 0 Å². The summed E-state index contributed by atoms with van der Waals surface area (Å²) in [5.41, 5.74) is 6.05. The van der Waals surface area contributed by atoms with Crippen molar-refractivity contribution in [3.63, 3.8) is 0 Å². The Bertz CT molecular complexity index is 1090. The molecular weight excluding hydrogens is 350 g/mol. The third kappa shape index (κ3) is 3.16. The van der Waals surface area contributed by atoms with Gasteiger partial charge in [-0.3, -0.25) is 9.79 Å². The van der Waals surface area contributed by atoms with Gasteiger partial charge in [-0.2, -0.15) is 5.26 Å². The van der Waals surface area contributed by atoms with Gasteiger partial charge < -0.3 is 10.6 Å². The molecule has 0 bridgehead atoms. The second kappa shape index (κ2) is 6.61. The first kappa shape index (κ1) is 16.7. The van der Waals surface area contributed by atoms with E-state index >= 15 is 0 Å². The lowest BCUT2D eigenvalue weighted by molar-refractivity contribution is -0.115. The fraction of sp³-hybridized carbons (Fsp3) is 0.273. The molecule has 0 saturated heterocycles. The smallest absolute Gasteiger partial charge is 0.228 e. The summed E-state index contributed by atoms with van der Waals surface area (Å²) in [4.78, 5) is 20.8. The van der Waals surface area contributed by atoms with Crippen LogP contribution in [-0.4, -0.2) is 30.5 Å². The van der Waals surface area contributed by atoms with Crippen LogP contribution in [0.25, 0.3) is 0 Å². The molecule has 1 saturated carbocycles. The van der Waals surface area contributed by atoms with Crippen LogP contribution in [-0.2, 0) is 11.2 Å². The van der Waals surface area contributed by atoms with Crippen molar-refractivity contribution in [1.29, 1.82) is 5.26 Å². The zero-order chi connectivity index (χ0) is 19.1. The molecule has 2 heterocycles. The number of fused-ring (bicyclic) bond motifs is 1. The maximum Gasteiger partial charge on any atom is 0.228 e. The standard InChI is InChI=1S/C22H19N5O/c23-10-17-7-14(3-5-18(17)24-11-13-1-2-13)20-12-25-22(27-20)15-4-6-19-16(8-15)9-21(28)26-19/h3-8,13,24H,1-2,9,11-12H2,(H,26,28). The Labute approximate surface area is 163 Å². The molecular formula is C22H19N5O. The van der Waals surface area contributed by atoms with Gasteiger partial charge in [0.05, 0.1) is 29.9 Å². The number of anilines is 2.